The molecule has 1 aliphatic rings. The Kier molecular flexibility index (Phi) is 3.81. The second-order valence-electron chi connectivity index (χ2n) is 6.47. The fourth-order valence-electron chi connectivity index (χ4n) is 3.09. The standard InChI is InChI=1S/C19H22FN/c1-14(2)16-8-6-15(7-9-16)11-19(12-21-13-19)17-4-3-5-18(20)10-17/h3-10,14,21H,11-13H2,1-2H3. The highest BCUT2D eigenvalue weighted by Crippen LogP contribution is 2.33. The van der Waals surface area contributed by atoms with Gasteiger partial charge < -0.3 is 5.32 Å². The highest BCUT2D eigenvalue weighted by atomic mass is 19.1. The van der Waals surface area contributed by atoms with Crippen LogP contribution in [0.2, 0.25) is 0 Å². The topological polar surface area (TPSA) is 12.0 Å². The van der Waals surface area contributed by atoms with Gasteiger partial charge in [-0.05, 0) is 41.2 Å². The summed E-state index contributed by atoms with van der Waals surface area (Å²) in [6, 6.07) is 15.9. The maximum absolute atomic E-state index is 13.5. The molecule has 1 fully saturated rings. The minimum absolute atomic E-state index is 0.0431. The molecule has 1 N–H and O–H groups in total. The van der Waals surface area contributed by atoms with Crippen LogP contribution in [0.15, 0.2) is 48.5 Å². The minimum Gasteiger partial charge on any atom is -0.315 e. The Labute approximate surface area is 126 Å². The molecule has 2 aromatic carbocycles. The van der Waals surface area contributed by atoms with E-state index in [0.717, 1.165) is 25.1 Å². The van der Waals surface area contributed by atoms with Crippen molar-refractivity contribution < 1.29 is 4.39 Å². The lowest BCUT2D eigenvalue weighted by Crippen LogP contribution is -2.58. The van der Waals surface area contributed by atoms with Crippen LogP contribution in [0.3, 0.4) is 0 Å². The van der Waals surface area contributed by atoms with Crippen LogP contribution in [0.1, 0.15) is 36.5 Å². The first-order chi connectivity index (χ1) is 10.1. The number of rotatable bonds is 4. The molecule has 1 nitrogen and oxygen atoms in total. The summed E-state index contributed by atoms with van der Waals surface area (Å²) in [5.41, 5.74) is 3.84. The van der Waals surface area contributed by atoms with Crippen LogP contribution < -0.4 is 5.32 Å². The molecular formula is C19H22FN. The summed E-state index contributed by atoms with van der Waals surface area (Å²) in [7, 11) is 0. The van der Waals surface area contributed by atoms with Gasteiger partial charge in [0.1, 0.15) is 5.82 Å². The predicted octanol–water partition coefficient (Wildman–Crippen LogP) is 4.03. The van der Waals surface area contributed by atoms with Crippen molar-refractivity contribution >= 4 is 0 Å². The SMILES string of the molecule is CC(C)c1ccc(CC2(c3cccc(F)c3)CNC2)cc1. The molecule has 0 bridgehead atoms. The van der Waals surface area contributed by atoms with Crippen molar-refractivity contribution in [2.24, 2.45) is 0 Å². The third-order valence-corrected chi connectivity index (χ3v) is 4.55. The highest BCUT2D eigenvalue weighted by molar-refractivity contribution is 5.35. The van der Waals surface area contributed by atoms with Crippen LogP contribution in [-0.2, 0) is 11.8 Å². The number of hydrogen-bond acceptors (Lipinski definition) is 1. The zero-order valence-corrected chi connectivity index (χ0v) is 12.7. The predicted molar refractivity (Wildman–Crippen MR) is 85.2 cm³/mol. The normalized spacial score (nSPS) is 16.8. The van der Waals surface area contributed by atoms with Crippen molar-refractivity contribution in [3.05, 3.63) is 71.0 Å². The Morgan fingerprint density at radius 2 is 1.81 bits per heavy atom. The van der Waals surface area contributed by atoms with E-state index in [0.29, 0.717) is 5.92 Å². The molecule has 0 radical (unpaired) electrons. The van der Waals surface area contributed by atoms with E-state index in [9.17, 15) is 4.39 Å². The van der Waals surface area contributed by atoms with Gasteiger partial charge in [0.25, 0.3) is 0 Å². The number of hydrogen-bond donors (Lipinski definition) is 1. The molecule has 0 spiro atoms. The summed E-state index contributed by atoms with van der Waals surface area (Å²) < 4.78 is 13.5. The van der Waals surface area contributed by atoms with Crippen LogP contribution in [0.5, 0.6) is 0 Å². The monoisotopic (exact) mass is 283 g/mol. The molecule has 3 rings (SSSR count). The van der Waals surface area contributed by atoms with E-state index in [2.05, 4.69) is 43.4 Å². The first-order valence-electron chi connectivity index (χ1n) is 7.65. The second kappa shape index (κ2) is 5.61. The Bertz CT molecular complexity index is 612. The first kappa shape index (κ1) is 14.3. The molecule has 0 atom stereocenters. The molecule has 21 heavy (non-hydrogen) atoms. The summed E-state index contributed by atoms with van der Waals surface area (Å²) in [4.78, 5) is 0. The molecule has 1 heterocycles. The van der Waals surface area contributed by atoms with E-state index in [4.69, 9.17) is 0 Å². The Morgan fingerprint density at radius 3 is 2.33 bits per heavy atom. The van der Waals surface area contributed by atoms with Gasteiger partial charge in [0.05, 0.1) is 0 Å². The zero-order valence-electron chi connectivity index (χ0n) is 12.7. The van der Waals surface area contributed by atoms with Gasteiger partial charge in [-0.2, -0.15) is 0 Å². The van der Waals surface area contributed by atoms with Gasteiger partial charge in [0.2, 0.25) is 0 Å². The average molecular weight is 283 g/mol. The fourth-order valence-corrected chi connectivity index (χ4v) is 3.09. The first-order valence-corrected chi connectivity index (χ1v) is 7.65. The number of benzene rings is 2. The molecule has 1 saturated heterocycles. The van der Waals surface area contributed by atoms with Crippen molar-refractivity contribution in [2.45, 2.75) is 31.6 Å². The van der Waals surface area contributed by atoms with Gasteiger partial charge in [-0.15, -0.1) is 0 Å². The molecule has 110 valence electrons. The van der Waals surface area contributed by atoms with E-state index < -0.39 is 0 Å². The van der Waals surface area contributed by atoms with Crippen molar-refractivity contribution in [3.8, 4) is 0 Å². The fraction of sp³-hybridized carbons (Fsp3) is 0.368. The third-order valence-electron chi connectivity index (χ3n) is 4.55. The summed E-state index contributed by atoms with van der Waals surface area (Å²) in [5, 5.41) is 3.35. The van der Waals surface area contributed by atoms with Gasteiger partial charge >= 0.3 is 0 Å². The van der Waals surface area contributed by atoms with Gasteiger partial charge in [0.15, 0.2) is 0 Å². The lowest BCUT2D eigenvalue weighted by molar-refractivity contribution is 0.274. The molecule has 2 aromatic rings. The molecule has 0 saturated carbocycles. The maximum Gasteiger partial charge on any atom is 0.123 e. The van der Waals surface area contributed by atoms with E-state index >= 15 is 0 Å². The molecule has 0 unspecified atom stereocenters. The van der Waals surface area contributed by atoms with Gasteiger partial charge in [-0.25, -0.2) is 4.39 Å². The van der Waals surface area contributed by atoms with Crippen molar-refractivity contribution in [3.63, 3.8) is 0 Å². The smallest absolute Gasteiger partial charge is 0.123 e. The van der Waals surface area contributed by atoms with Gasteiger partial charge in [-0.3, -0.25) is 0 Å². The summed E-state index contributed by atoms with van der Waals surface area (Å²) in [5.74, 6) is 0.413. The zero-order chi connectivity index (χ0) is 14.9. The van der Waals surface area contributed by atoms with E-state index in [1.54, 1.807) is 6.07 Å². The van der Waals surface area contributed by atoms with Crippen LogP contribution >= 0.6 is 0 Å². The molecule has 0 aromatic heterocycles. The lowest BCUT2D eigenvalue weighted by atomic mass is 9.71. The van der Waals surface area contributed by atoms with Gasteiger partial charge in [-0.1, -0.05) is 50.2 Å². The highest BCUT2D eigenvalue weighted by Gasteiger charge is 2.38. The summed E-state index contributed by atoms with van der Waals surface area (Å²) in [6.45, 7) is 6.25. The Morgan fingerprint density at radius 1 is 1.10 bits per heavy atom. The van der Waals surface area contributed by atoms with Crippen LogP contribution in [0, 0.1) is 5.82 Å². The molecule has 0 aliphatic carbocycles. The third kappa shape index (κ3) is 2.86. The van der Waals surface area contributed by atoms with E-state index in [-0.39, 0.29) is 11.2 Å². The van der Waals surface area contributed by atoms with E-state index in [1.807, 2.05) is 12.1 Å². The largest absolute Gasteiger partial charge is 0.315 e. The lowest BCUT2D eigenvalue weighted by Gasteiger charge is -2.43. The molecular weight excluding hydrogens is 261 g/mol. The number of halogens is 1. The molecule has 1 aliphatic heterocycles. The van der Waals surface area contributed by atoms with Crippen molar-refractivity contribution in [2.75, 3.05) is 13.1 Å². The minimum atomic E-state index is -0.145. The van der Waals surface area contributed by atoms with Crippen LogP contribution in [0.4, 0.5) is 4.39 Å². The van der Waals surface area contributed by atoms with Crippen molar-refractivity contribution in [1.29, 1.82) is 0 Å². The average Bonchev–Trinajstić information content (AvgIpc) is 2.43. The maximum atomic E-state index is 13.5. The van der Waals surface area contributed by atoms with Gasteiger partial charge in [0, 0.05) is 18.5 Å². The molecule has 2 heteroatoms. The number of nitrogens with one attached hydrogen (secondary N) is 1. The Hall–Kier alpha value is -1.67. The van der Waals surface area contributed by atoms with E-state index in [1.165, 1.54) is 17.2 Å². The van der Waals surface area contributed by atoms with Crippen molar-refractivity contribution in [1.82, 2.24) is 5.32 Å². The summed E-state index contributed by atoms with van der Waals surface area (Å²) >= 11 is 0. The quantitative estimate of drug-likeness (QED) is 0.893. The second-order valence-corrected chi connectivity index (χ2v) is 6.47. The molecule has 0 amide bonds. The Balaban J connectivity index is 1.84. The van der Waals surface area contributed by atoms with Crippen LogP contribution in [-0.4, -0.2) is 13.1 Å². The summed E-state index contributed by atoms with van der Waals surface area (Å²) in [6.07, 6.45) is 0.960. The van der Waals surface area contributed by atoms with Crippen LogP contribution in [0.25, 0.3) is 0 Å².